The Hall–Kier alpha value is -1.80. The summed E-state index contributed by atoms with van der Waals surface area (Å²) >= 11 is 0. The predicted octanol–water partition coefficient (Wildman–Crippen LogP) is 3.44. The first-order chi connectivity index (χ1) is 9.78. The smallest absolute Gasteiger partial charge is 0.0684 e. The zero-order chi connectivity index (χ0) is 13.9. The lowest BCUT2D eigenvalue weighted by Gasteiger charge is -2.24. The number of aliphatic hydroxyl groups excluding tert-OH is 1. The molecule has 1 heterocycles. The molecule has 0 saturated carbocycles. The van der Waals surface area contributed by atoms with Gasteiger partial charge in [0, 0.05) is 18.8 Å². The lowest BCUT2D eigenvalue weighted by atomic mass is 10.0. The number of hydrogen-bond acceptors (Lipinski definition) is 2. The van der Waals surface area contributed by atoms with Crippen LogP contribution >= 0.6 is 0 Å². The van der Waals surface area contributed by atoms with E-state index in [1.165, 1.54) is 35.2 Å². The van der Waals surface area contributed by atoms with Crippen LogP contribution in [0.1, 0.15) is 28.7 Å². The molecule has 20 heavy (non-hydrogen) atoms. The van der Waals surface area contributed by atoms with Crippen molar-refractivity contribution in [2.45, 2.75) is 32.9 Å². The first-order valence-corrected chi connectivity index (χ1v) is 7.30. The maximum Gasteiger partial charge on any atom is 0.0684 e. The van der Waals surface area contributed by atoms with E-state index in [-0.39, 0.29) is 6.61 Å². The van der Waals surface area contributed by atoms with Crippen molar-refractivity contribution in [3.8, 4) is 0 Å². The Bertz CT molecular complexity index is 606. The fraction of sp³-hybridized carbons (Fsp3) is 0.333. The van der Waals surface area contributed by atoms with E-state index in [4.69, 9.17) is 0 Å². The van der Waals surface area contributed by atoms with Crippen molar-refractivity contribution in [3.63, 3.8) is 0 Å². The zero-order valence-corrected chi connectivity index (χ0v) is 12.0. The van der Waals surface area contributed by atoms with E-state index >= 15 is 0 Å². The van der Waals surface area contributed by atoms with Crippen LogP contribution in [0.5, 0.6) is 0 Å². The molecule has 0 aliphatic carbocycles. The minimum atomic E-state index is 0.120. The minimum absolute atomic E-state index is 0.120. The molecule has 2 heteroatoms. The van der Waals surface area contributed by atoms with Crippen molar-refractivity contribution in [3.05, 3.63) is 64.7 Å². The number of rotatable bonds is 2. The standard InChI is InChI=1S/C18H21NO/c1-14-11-18(9-8-17(14)13-20)19-10-4-7-15-5-2-3-6-16(15)12-19/h2-3,5-6,8-9,11,20H,4,7,10,12-13H2,1H3. The molecule has 3 rings (SSSR count). The van der Waals surface area contributed by atoms with Crippen molar-refractivity contribution in [2.24, 2.45) is 0 Å². The number of hydrogen-bond donors (Lipinski definition) is 1. The highest BCUT2D eigenvalue weighted by atomic mass is 16.3. The summed E-state index contributed by atoms with van der Waals surface area (Å²) in [6, 6.07) is 15.1. The summed E-state index contributed by atoms with van der Waals surface area (Å²) in [4.78, 5) is 2.44. The molecule has 0 bridgehead atoms. The second kappa shape index (κ2) is 5.68. The van der Waals surface area contributed by atoms with Crippen LogP contribution in [0.15, 0.2) is 42.5 Å². The Morgan fingerprint density at radius 1 is 1.10 bits per heavy atom. The molecule has 0 unspecified atom stereocenters. The summed E-state index contributed by atoms with van der Waals surface area (Å²) < 4.78 is 0. The van der Waals surface area contributed by atoms with E-state index in [0.717, 1.165) is 18.7 Å². The summed E-state index contributed by atoms with van der Waals surface area (Å²) in [6.45, 7) is 4.26. The highest BCUT2D eigenvalue weighted by Crippen LogP contribution is 2.25. The molecule has 1 aliphatic rings. The molecule has 2 aromatic rings. The average Bonchev–Trinajstić information content (AvgIpc) is 2.69. The van der Waals surface area contributed by atoms with Gasteiger partial charge in [-0.1, -0.05) is 30.3 Å². The van der Waals surface area contributed by atoms with Gasteiger partial charge in [-0.15, -0.1) is 0 Å². The molecule has 0 atom stereocenters. The van der Waals surface area contributed by atoms with Gasteiger partial charge in [0.05, 0.1) is 6.61 Å². The molecule has 0 radical (unpaired) electrons. The van der Waals surface area contributed by atoms with Crippen LogP contribution in [0.4, 0.5) is 5.69 Å². The number of fused-ring (bicyclic) bond motifs is 1. The van der Waals surface area contributed by atoms with Crippen LogP contribution in [0.3, 0.4) is 0 Å². The van der Waals surface area contributed by atoms with Crippen LogP contribution in [0.25, 0.3) is 0 Å². The number of anilines is 1. The van der Waals surface area contributed by atoms with Gasteiger partial charge in [0.15, 0.2) is 0 Å². The monoisotopic (exact) mass is 267 g/mol. The molecule has 0 fully saturated rings. The fourth-order valence-electron chi connectivity index (χ4n) is 2.98. The molecule has 1 aliphatic heterocycles. The minimum Gasteiger partial charge on any atom is -0.392 e. The van der Waals surface area contributed by atoms with Gasteiger partial charge in [0.1, 0.15) is 0 Å². The Kier molecular flexibility index (Phi) is 3.75. The zero-order valence-electron chi connectivity index (χ0n) is 12.0. The molecular formula is C18H21NO. The lowest BCUT2D eigenvalue weighted by molar-refractivity contribution is 0.281. The van der Waals surface area contributed by atoms with E-state index in [1.807, 2.05) is 6.07 Å². The third-order valence-electron chi connectivity index (χ3n) is 4.22. The van der Waals surface area contributed by atoms with E-state index in [1.54, 1.807) is 0 Å². The van der Waals surface area contributed by atoms with Crippen molar-refractivity contribution in [1.82, 2.24) is 0 Å². The SMILES string of the molecule is Cc1cc(N2CCCc3ccccc3C2)ccc1CO. The third-order valence-corrected chi connectivity index (χ3v) is 4.22. The fourth-order valence-corrected chi connectivity index (χ4v) is 2.98. The molecule has 104 valence electrons. The Balaban J connectivity index is 1.89. The molecule has 1 N–H and O–H groups in total. The molecular weight excluding hydrogens is 246 g/mol. The quantitative estimate of drug-likeness (QED) is 0.901. The number of nitrogens with zero attached hydrogens (tertiary/aromatic N) is 1. The second-order valence-electron chi connectivity index (χ2n) is 5.56. The summed E-state index contributed by atoms with van der Waals surface area (Å²) in [5, 5.41) is 9.28. The van der Waals surface area contributed by atoms with Gasteiger partial charge in [-0.05, 0) is 54.2 Å². The van der Waals surface area contributed by atoms with Gasteiger partial charge in [-0.3, -0.25) is 0 Å². The maximum atomic E-state index is 9.28. The average molecular weight is 267 g/mol. The summed E-state index contributed by atoms with van der Waals surface area (Å²) in [7, 11) is 0. The van der Waals surface area contributed by atoms with Crippen LogP contribution in [0.2, 0.25) is 0 Å². The van der Waals surface area contributed by atoms with E-state index in [9.17, 15) is 5.11 Å². The lowest BCUT2D eigenvalue weighted by Crippen LogP contribution is -2.22. The predicted molar refractivity (Wildman–Crippen MR) is 82.9 cm³/mol. The molecule has 2 nitrogen and oxygen atoms in total. The van der Waals surface area contributed by atoms with Gasteiger partial charge >= 0.3 is 0 Å². The number of benzene rings is 2. The second-order valence-corrected chi connectivity index (χ2v) is 5.56. The van der Waals surface area contributed by atoms with Crippen molar-refractivity contribution in [1.29, 1.82) is 0 Å². The van der Waals surface area contributed by atoms with Gasteiger partial charge in [-0.25, -0.2) is 0 Å². The van der Waals surface area contributed by atoms with Gasteiger partial charge in [0.2, 0.25) is 0 Å². The van der Waals surface area contributed by atoms with Crippen LogP contribution in [-0.2, 0) is 19.6 Å². The largest absolute Gasteiger partial charge is 0.392 e. The first kappa shape index (κ1) is 13.2. The van der Waals surface area contributed by atoms with Gasteiger partial charge < -0.3 is 10.0 Å². The van der Waals surface area contributed by atoms with E-state index < -0.39 is 0 Å². The number of aliphatic hydroxyl groups is 1. The Morgan fingerprint density at radius 3 is 2.65 bits per heavy atom. The summed E-state index contributed by atoms with van der Waals surface area (Å²) in [6.07, 6.45) is 2.36. The van der Waals surface area contributed by atoms with Crippen LogP contribution in [0, 0.1) is 6.92 Å². The van der Waals surface area contributed by atoms with Crippen molar-refractivity contribution < 1.29 is 5.11 Å². The molecule has 0 amide bonds. The van der Waals surface area contributed by atoms with Crippen molar-refractivity contribution in [2.75, 3.05) is 11.4 Å². The van der Waals surface area contributed by atoms with E-state index in [0.29, 0.717) is 0 Å². The Morgan fingerprint density at radius 2 is 1.90 bits per heavy atom. The van der Waals surface area contributed by atoms with Crippen LogP contribution < -0.4 is 4.90 Å². The summed E-state index contributed by atoms with van der Waals surface area (Å²) in [5.41, 5.74) is 6.37. The molecule has 0 spiro atoms. The first-order valence-electron chi connectivity index (χ1n) is 7.30. The highest BCUT2D eigenvalue weighted by molar-refractivity contribution is 5.52. The van der Waals surface area contributed by atoms with Gasteiger partial charge in [0.25, 0.3) is 0 Å². The molecule has 2 aromatic carbocycles. The van der Waals surface area contributed by atoms with Gasteiger partial charge in [-0.2, -0.15) is 0 Å². The highest BCUT2D eigenvalue weighted by Gasteiger charge is 2.14. The normalized spacial score (nSPS) is 14.8. The summed E-state index contributed by atoms with van der Waals surface area (Å²) in [5.74, 6) is 0. The molecule has 0 aromatic heterocycles. The van der Waals surface area contributed by atoms with Crippen molar-refractivity contribution >= 4 is 5.69 Å². The number of aryl methyl sites for hydroxylation is 2. The third kappa shape index (κ3) is 2.56. The topological polar surface area (TPSA) is 23.5 Å². The van der Waals surface area contributed by atoms with Crippen LogP contribution in [-0.4, -0.2) is 11.7 Å². The molecule has 0 saturated heterocycles. The maximum absolute atomic E-state index is 9.28. The Labute approximate surface area is 120 Å². The van der Waals surface area contributed by atoms with E-state index in [2.05, 4.69) is 48.2 Å².